The van der Waals surface area contributed by atoms with Crippen LogP contribution in [-0.2, 0) is 4.79 Å². The number of nitrogens with one attached hydrogen (secondary N) is 1. The van der Waals surface area contributed by atoms with Crippen molar-refractivity contribution in [2.45, 2.75) is 45.1 Å². The Balaban J connectivity index is 2.19. The Hall–Kier alpha value is -1.59. The van der Waals surface area contributed by atoms with Crippen LogP contribution in [0, 0.1) is 0 Å². The summed E-state index contributed by atoms with van der Waals surface area (Å²) < 4.78 is 0. The Kier molecular flexibility index (Phi) is 6.42. The average Bonchev–Trinajstić information content (AvgIpc) is 2.55. The average molecular weight is 338 g/mol. The molecule has 1 aromatic rings. The topological polar surface area (TPSA) is 75.4 Å². The van der Waals surface area contributed by atoms with E-state index < -0.39 is 6.04 Å². The van der Waals surface area contributed by atoms with Crippen LogP contribution in [0.25, 0.3) is 0 Å². The minimum absolute atomic E-state index is 0.0688. The lowest BCUT2D eigenvalue weighted by Gasteiger charge is -2.27. The zero-order chi connectivity index (χ0) is 16.8. The van der Waals surface area contributed by atoms with E-state index in [1.54, 1.807) is 18.2 Å². The zero-order valence-electron chi connectivity index (χ0n) is 13.5. The molecule has 3 N–H and O–H groups in total. The Morgan fingerprint density at radius 1 is 1.30 bits per heavy atom. The van der Waals surface area contributed by atoms with Crippen LogP contribution in [0.2, 0.25) is 5.02 Å². The van der Waals surface area contributed by atoms with Gasteiger partial charge in [0.1, 0.15) is 0 Å². The van der Waals surface area contributed by atoms with E-state index in [2.05, 4.69) is 5.32 Å². The van der Waals surface area contributed by atoms with E-state index in [1.165, 1.54) is 0 Å². The smallest absolute Gasteiger partial charge is 0.255 e. The third-order valence-corrected chi connectivity index (χ3v) is 4.28. The SMILES string of the molecule is CCCC(N)C(=O)Nc1cc(Cl)ccc1C(=O)N1CCCCC1. The number of hydrogen-bond donors (Lipinski definition) is 2. The van der Waals surface area contributed by atoms with Crippen LogP contribution in [0.5, 0.6) is 0 Å². The number of amides is 2. The van der Waals surface area contributed by atoms with Crippen molar-refractivity contribution in [3.8, 4) is 0 Å². The third kappa shape index (κ3) is 4.69. The van der Waals surface area contributed by atoms with Crippen molar-refractivity contribution in [3.05, 3.63) is 28.8 Å². The van der Waals surface area contributed by atoms with E-state index >= 15 is 0 Å². The van der Waals surface area contributed by atoms with E-state index in [0.717, 1.165) is 38.8 Å². The first-order chi connectivity index (χ1) is 11.0. The number of anilines is 1. The number of nitrogens with zero attached hydrogens (tertiary/aromatic N) is 1. The molecule has 1 aromatic carbocycles. The van der Waals surface area contributed by atoms with Crippen LogP contribution in [0.3, 0.4) is 0 Å². The molecule has 0 bridgehead atoms. The molecule has 0 spiro atoms. The lowest BCUT2D eigenvalue weighted by molar-refractivity contribution is -0.117. The van der Waals surface area contributed by atoms with Gasteiger partial charge in [0.2, 0.25) is 5.91 Å². The van der Waals surface area contributed by atoms with Crippen LogP contribution >= 0.6 is 11.6 Å². The summed E-state index contributed by atoms with van der Waals surface area (Å²) in [6.07, 6.45) is 4.61. The number of carbonyl (C=O) groups excluding carboxylic acids is 2. The molecule has 126 valence electrons. The quantitative estimate of drug-likeness (QED) is 0.867. The summed E-state index contributed by atoms with van der Waals surface area (Å²) in [5, 5.41) is 3.23. The molecule has 1 aliphatic heterocycles. The van der Waals surface area contributed by atoms with Gasteiger partial charge in [-0.3, -0.25) is 9.59 Å². The molecule has 6 heteroatoms. The number of benzene rings is 1. The van der Waals surface area contributed by atoms with Gasteiger partial charge in [-0.2, -0.15) is 0 Å². The molecule has 0 radical (unpaired) electrons. The van der Waals surface area contributed by atoms with E-state index in [1.807, 2.05) is 11.8 Å². The largest absolute Gasteiger partial charge is 0.339 e. The molecule has 1 atom stereocenters. The van der Waals surface area contributed by atoms with Gasteiger partial charge in [0.15, 0.2) is 0 Å². The zero-order valence-corrected chi connectivity index (χ0v) is 14.2. The number of carbonyl (C=O) groups is 2. The third-order valence-electron chi connectivity index (χ3n) is 4.05. The van der Waals surface area contributed by atoms with Gasteiger partial charge in [-0.15, -0.1) is 0 Å². The Morgan fingerprint density at radius 2 is 2.00 bits per heavy atom. The summed E-state index contributed by atoms with van der Waals surface area (Å²) in [5.41, 5.74) is 6.74. The maximum Gasteiger partial charge on any atom is 0.255 e. The van der Waals surface area contributed by atoms with Gasteiger partial charge >= 0.3 is 0 Å². The van der Waals surface area contributed by atoms with E-state index in [-0.39, 0.29) is 11.8 Å². The molecule has 1 saturated heterocycles. The fourth-order valence-electron chi connectivity index (χ4n) is 2.74. The molecule has 5 nitrogen and oxygen atoms in total. The number of halogens is 1. The van der Waals surface area contributed by atoms with Gasteiger partial charge in [0.05, 0.1) is 17.3 Å². The molecule has 23 heavy (non-hydrogen) atoms. The predicted molar refractivity (Wildman–Crippen MR) is 92.7 cm³/mol. The lowest BCUT2D eigenvalue weighted by atomic mass is 10.1. The minimum atomic E-state index is -0.586. The molecule has 1 heterocycles. The Bertz CT molecular complexity index is 571. The molecular formula is C17H24ClN3O2. The van der Waals surface area contributed by atoms with Gasteiger partial charge in [-0.1, -0.05) is 24.9 Å². The van der Waals surface area contributed by atoms with E-state index in [0.29, 0.717) is 22.7 Å². The van der Waals surface area contributed by atoms with Crippen LogP contribution in [0.15, 0.2) is 18.2 Å². The normalized spacial score (nSPS) is 16.0. The van der Waals surface area contributed by atoms with Gasteiger partial charge in [-0.25, -0.2) is 0 Å². The van der Waals surface area contributed by atoms with Crippen LogP contribution in [0.4, 0.5) is 5.69 Å². The lowest BCUT2D eigenvalue weighted by Crippen LogP contribution is -2.38. The van der Waals surface area contributed by atoms with Crippen LogP contribution in [0.1, 0.15) is 49.4 Å². The first kappa shape index (κ1) is 17.8. The summed E-state index contributed by atoms with van der Waals surface area (Å²) in [4.78, 5) is 26.7. The number of piperidine rings is 1. The van der Waals surface area contributed by atoms with Crippen molar-refractivity contribution in [1.82, 2.24) is 4.90 Å². The summed E-state index contributed by atoms with van der Waals surface area (Å²) >= 11 is 6.02. The summed E-state index contributed by atoms with van der Waals surface area (Å²) in [6, 6.07) is 4.35. The number of nitrogens with two attached hydrogens (primary N) is 1. The van der Waals surface area contributed by atoms with Gasteiger partial charge < -0.3 is 16.0 Å². The predicted octanol–water partition coefficient (Wildman–Crippen LogP) is 3.03. The molecule has 0 saturated carbocycles. The second-order valence-corrected chi connectivity index (χ2v) is 6.36. The maximum absolute atomic E-state index is 12.7. The van der Waals surface area contributed by atoms with Crippen molar-refractivity contribution in [2.24, 2.45) is 5.73 Å². The molecule has 2 rings (SSSR count). The fraction of sp³-hybridized carbons (Fsp3) is 0.529. The fourth-order valence-corrected chi connectivity index (χ4v) is 2.91. The van der Waals surface area contributed by atoms with Crippen molar-refractivity contribution in [3.63, 3.8) is 0 Å². The molecule has 0 aliphatic carbocycles. The first-order valence-corrected chi connectivity index (χ1v) is 8.56. The Morgan fingerprint density at radius 3 is 2.65 bits per heavy atom. The molecule has 1 aliphatic rings. The molecule has 1 fully saturated rings. The van der Waals surface area contributed by atoms with E-state index in [4.69, 9.17) is 17.3 Å². The second-order valence-electron chi connectivity index (χ2n) is 5.93. The number of likely N-dealkylation sites (tertiary alicyclic amines) is 1. The highest BCUT2D eigenvalue weighted by Gasteiger charge is 2.22. The van der Waals surface area contributed by atoms with Gasteiger partial charge in [-0.05, 0) is 43.9 Å². The van der Waals surface area contributed by atoms with Crippen molar-refractivity contribution < 1.29 is 9.59 Å². The highest BCUT2D eigenvalue weighted by atomic mass is 35.5. The standard InChI is InChI=1S/C17H24ClN3O2/c1-2-6-14(19)16(22)20-15-11-12(18)7-8-13(15)17(23)21-9-4-3-5-10-21/h7-8,11,14H,2-6,9-10,19H2,1H3,(H,20,22). The van der Waals surface area contributed by atoms with Crippen LogP contribution in [-0.4, -0.2) is 35.8 Å². The molecule has 2 amide bonds. The van der Waals surface area contributed by atoms with Crippen molar-refractivity contribution in [2.75, 3.05) is 18.4 Å². The highest BCUT2D eigenvalue weighted by Crippen LogP contribution is 2.24. The highest BCUT2D eigenvalue weighted by molar-refractivity contribution is 6.31. The molecule has 1 unspecified atom stereocenters. The number of rotatable bonds is 5. The van der Waals surface area contributed by atoms with Crippen molar-refractivity contribution in [1.29, 1.82) is 0 Å². The first-order valence-electron chi connectivity index (χ1n) is 8.18. The molecular weight excluding hydrogens is 314 g/mol. The van der Waals surface area contributed by atoms with E-state index in [9.17, 15) is 9.59 Å². The summed E-state index contributed by atoms with van der Waals surface area (Å²) in [5.74, 6) is -0.359. The Labute approximate surface area is 142 Å². The molecule has 0 aromatic heterocycles. The summed E-state index contributed by atoms with van der Waals surface area (Å²) in [6.45, 7) is 3.48. The van der Waals surface area contributed by atoms with Gasteiger partial charge in [0.25, 0.3) is 5.91 Å². The minimum Gasteiger partial charge on any atom is -0.339 e. The van der Waals surface area contributed by atoms with Crippen molar-refractivity contribution >= 4 is 29.1 Å². The van der Waals surface area contributed by atoms with Crippen LogP contribution < -0.4 is 11.1 Å². The maximum atomic E-state index is 12.7. The van der Waals surface area contributed by atoms with Gasteiger partial charge in [0, 0.05) is 18.1 Å². The second kappa shape index (κ2) is 8.31. The number of hydrogen-bond acceptors (Lipinski definition) is 3. The monoisotopic (exact) mass is 337 g/mol. The summed E-state index contributed by atoms with van der Waals surface area (Å²) in [7, 11) is 0.